The summed E-state index contributed by atoms with van der Waals surface area (Å²) in [7, 11) is 0. The lowest BCUT2D eigenvalue weighted by atomic mass is 10.3. The number of rotatable bonds is 1. The first-order valence-corrected chi connectivity index (χ1v) is 1.71. The highest BCUT2D eigenvalue weighted by Crippen LogP contribution is 1.78. The van der Waals surface area contributed by atoms with Gasteiger partial charge in [0.05, 0.1) is 0 Å². The van der Waals surface area contributed by atoms with Gasteiger partial charge in [-0.3, -0.25) is 0 Å². The van der Waals surface area contributed by atoms with Gasteiger partial charge in [0, 0.05) is 12.8 Å². The maximum absolute atomic E-state index is 6.38. The van der Waals surface area contributed by atoms with Crippen molar-refractivity contribution >= 4 is 0 Å². The molecule has 0 saturated heterocycles. The van der Waals surface area contributed by atoms with E-state index in [0.29, 0.717) is 12.8 Å². The third-order valence-corrected chi connectivity index (χ3v) is 0.375. The van der Waals surface area contributed by atoms with Crippen molar-refractivity contribution < 1.29 is 2.74 Å². The standard InChI is InChI=1S/C6H6/c1-3-5-6-4-2/h1-2H,5-6H2/i1D,2D. The maximum Gasteiger partial charge on any atom is 0.124 e. The Balaban J connectivity index is 3.10. The van der Waals surface area contributed by atoms with Crippen molar-refractivity contribution in [1.82, 2.24) is 0 Å². The molecule has 0 aromatic rings. The van der Waals surface area contributed by atoms with Crippen LogP contribution in [0.1, 0.15) is 15.6 Å². The summed E-state index contributed by atoms with van der Waals surface area (Å²) in [6.45, 7) is 0. The van der Waals surface area contributed by atoms with Crippen LogP contribution in [0.3, 0.4) is 0 Å². The molecule has 0 N–H and O–H groups in total. The third-order valence-electron chi connectivity index (χ3n) is 0.375. The molecule has 0 bridgehead atoms. The number of hydrogen-bond acceptors (Lipinski definition) is 0. The molecule has 0 atom stereocenters. The summed E-state index contributed by atoms with van der Waals surface area (Å²) in [5, 5.41) is 0. The van der Waals surface area contributed by atoms with Crippen LogP contribution in [0.25, 0.3) is 0 Å². The molecule has 0 radical (unpaired) electrons. The first kappa shape index (κ1) is 2.32. The van der Waals surface area contributed by atoms with Crippen molar-refractivity contribution in [3.05, 3.63) is 0 Å². The Bertz CT molecular complexity index is 131. The van der Waals surface area contributed by atoms with Gasteiger partial charge in [-0.15, -0.1) is 24.6 Å². The van der Waals surface area contributed by atoms with Crippen LogP contribution >= 0.6 is 0 Å². The van der Waals surface area contributed by atoms with Crippen molar-refractivity contribution in [3.8, 4) is 24.6 Å². The van der Waals surface area contributed by atoms with Crippen molar-refractivity contribution in [2.75, 3.05) is 0 Å². The van der Waals surface area contributed by atoms with Crippen molar-refractivity contribution in [2.24, 2.45) is 0 Å². The average Bonchev–Trinajstić information content (AvgIpc) is 1.81. The fraction of sp³-hybridized carbons (Fsp3) is 0.333. The smallest absolute Gasteiger partial charge is 0.120 e. The van der Waals surface area contributed by atoms with Gasteiger partial charge >= 0.3 is 0 Å². The van der Waals surface area contributed by atoms with Crippen molar-refractivity contribution in [3.63, 3.8) is 0 Å². The Labute approximate surface area is 41.4 Å². The van der Waals surface area contributed by atoms with E-state index in [1.54, 1.807) is 0 Å². The predicted octanol–water partition coefficient (Wildman–Crippen LogP) is 1.03. The SMILES string of the molecule is [2H]C#CCCC#C[2H]. The Morgan fingerprint density at radius 3 is 2.17 bits per heavy atom. The minimum Gasteiger partial charge on any atom is -0.120 e. The van der Waals surface area contributed by atoms with Crippen LogP contribution in [0.2, 0.25) is 0 Å². The average molecular weight is 80.1 g/mol. The summed E-state index contributed by atoms with van der Waals surface area (Å²) in [5.74, 6) is 5.03. The van der Waals surface area contributed by atoms with E-state index >= 15 is 0 Å². The predicted molar refractivity (Wildman–Crippen MR) is 26.9 cm³/mol. The lowest BCUT2D eigenvalue weighted by molar-refractivity contribution is 1.13. The van der Waals surface area contributed by atoms with Crippen LogP contribution in [0.4, 0.5) is 0 Å². The molecule has 0 spiro atoms. The maximum atomic E-state index is 6.38. The Kier molecular flexibility index (Phi) is 1.59. The van der Waals surface area contributed by atoms with E-state index in [1.165, 1.54) is 0 Å². The Morgan fingerprint density at radius 2 is 1.83 bits per heavy atom. The van der Waals surface area contributed by atoms with E-state index in [2.05, 4.69) is 11.8 Å². The topological polar surface area (TPSA) is 0 Å². The zero-order valence-electron chi connectivity index (χ0n) is 5.41. The van der Waals surface area contributed by atoms with Gasteiger partial charge in [-0.1, -0.05) is 0 Å². The van der Waals surface area contributed by atoms with Gasteiger partial charge in [-0.25, -0.2) is 0 Å². The minimum absolute atomic E-state index is 0.607. The van der Waals surface area contributed by atoms with Crippen LogP contribution in [-0.4, -0.2) is 0 Å². The Morgan fingerprint density at radius 1 is 1.33 bits per heavy atom. The molecular formula is C6H6. The van der Waals surface area contributed by atoms with E-state index in [4.69, 9.17) is 2.74 Å². The monoisotopic (exact) mass is 80.1 g/mol. The fourth-order valence-corrected chi connectivity index (χ4v) is 0.125. The summed E-state index contributed by atoms with van der Waals surface area (Å²) in [6.07, 6.45) is 5.21. The van der Waals surface area contributed by atoms with Crippen molar-refractivity contribution in [2.45, 2.75) is 12.8 Å². The second-order valence-corrected chi connectivity index (χ2v) is 0.854. The third kappa shape index (κ3) is 3.12. The number of hydrogen-bond donors (Lipinski definition) is 0. The van der Waals surface area contributed by atoms with Gasteiger partial charge in [0.15, 0.2) is 0 Å². The molecule has 0 aromatic carbocycles. The zero-order valence-corrected chi connectivity index (χ0v) is 3.41. The highest BCUT2D eigenvalue weighted by molar-refractivity contribution is 4.92. The van der Waals surface area contributed by atoms with E-state index in [-0.39, 0.29) is 0 Å². The summed E-state index contributed by atoms with van der Waals surface area (Å²) >= 11 is 0. The lowest BCUT2D eigenvalue weighted by Gasteiger charge is -1.70. The number of unbranched alkanes of at least 4 members (excludes halogenated alkanes) is 1. The molecule has 0 unspecified atom stereocenters. The summed E-state index contributed by atoms with van der Waals surface area (Å²) < 4.78 is 12.8. The van der Waals surface area contributed by atoms with E-state index in [9.17, 15) is 0 Å². The van der Waals surface area contributed by atoms with Crippen LogP contribution in [-0.2, 0) is 0 Å². The highest BCUT2D eigenvalue weighted by Gasteiger charge is 1.66. The van der Waals surface area contributed by atoms with Crippen LogP contribution in [0.5, 0.6) is 0 Å². The van der Waals surface area contributed by atoms with Crippen LogP contribution < -0.4 is 0 Å². The molecule has 0 aliphatic carbocycles. The van der Waals surface area contributed by atoms with Crippen LogP contribution in [0, 0.1) is 24.6 Å². The zero-order chi connectivity index (χ0) is 6.24. The first-order valence-electron chi connectivity index (χ1n) is 2.71. The molecule has 0 aromatic heterocycles. The van der Waals surface area contributed by atoms with E-state index in [0.717, 1.165) is 0 Å². The molecule has 0 heteroatoms. The summed E-state index contributed by atoms with van der Waals surface area (Å²) in [6, 6.07) is 0. The first-order chi connectivity index (χ1) is 3.91. The number of terminal acetylenes is 2. The molecule has 0 amide bonds. The fourth-order valence-electron chi connectivity index (χ4n) is 0.125. The molecule has 0 fully saturated rings. The molecular weight excluding hydrogens is 72.1 g/mol. The lowest BCUT2D eigenvalue weighted by Crippen LogP contribution is -1.58. The van der Waals surface area contributed by atoms with Crippen LogP contribution in [0.15, 0.2) is 0 Å². The van der Waals surface area contributed by atoms with Gasteiger partial charge in [0.25, 0.3) is 0 Å². The van der Waals surface area contributed by atoms with Gasteiger partial charge < -0.3 is 0 Å². The van der Waals surface area contributed by atoms with E-state index < -0.39 is 0 Å². The van der Waals surface area contributed by atoms with Gasteiger partial charge in [0.2, 0.25) is 0 Å². The molecule has 0 aliphatic rings. The molecule has 0 heterocycles. The van der Waals surface area contributed by atoms with E-state index in [1.807, 2.05) is 12.8 Å². The second-order valence-electron chi connectivity index (χ2n) is 0.854. The molecule has 6 heavy (non-hydrogen) atoms. The largest absolute Gasteiger partial charge is 0.124 e. The molecule has 0 rings (SSSR count). The second kappa shape index (κ2) is 4.12. The highest BCUT2D eigenvalue weighted by atomic mass is 13.7. The van der Waals surface area contributed by atoms with Crippen molar-refractivity contribution in [1.29, 1.82) is 0 Å². The normalized spacial score (nSPS) is 8.00. The molecule has 0 aliphatic heterocycles. The van der Waals surface area contributed by atoms with Gasteiger partial charge in [-0.2, -0.15) is 0 Å². The molecule has 0 nitrogen and oxygen atoms in total. The van der Waals surface area contributed by atoms with Gasteiger partial charge in [0.1, 0.15) is 2.74 Å². The Hall–Kier alpha value is -0.880. The summed E-state index contributed by atoms with van der Waals surface area (Å²) in [4.78, 5) is 0. The quantitative estimate of drug-likeness (QED) is 0.326. The minimum atomic E-state index is 0.607. The molecule has 30 valence electrons. The molecule has 0 saturated carbocycles. The summed E-state index contributed by atoms with van der Waals surface area (Å²) in [5.41, 5.74) is 0. The van der Waals surface area contributed by atoms with Gasteiger partial charge in [-0.05, 0) is 0 Å².